The van der Waals surface area contributed by atoms with Gasteiger partial charge >= 0.3 is 0 Å². The van der Waals surface area contributed by atoms with E-state index in [0.717, 1.165) is 17.1 Å². The van der Waals surface area contributed by atoms with Crippen molar-refractivity contribution < 1.29 is 26.0 Å². The van der Waals surface area contributed by atoms with Gasteiger partial charge in [-0.2, -0.15) is 4.37 Å². The first-order valence-corrected chi connectivity index (χ1v) is 15.9. The fourth-order valence-electron chi connectivity index (χ4n) is 4.73. The molecule has 3 atom stereocenters. The van der Waals surface area contributed by atoms with E-state index in [1.807, 2.05) is 0 Å². The number of piperidine rings is 1. The van der Waals surface area contributed by atoms with Crippen molar-refractivity contribution in [1.29, 1.82) is 0 Å². The Labute approximate surface area is 220 Å². The van der Waals surface area contributed by atoms with E-state index >= 15 is 0 Å². The van der Waals surface area contributed by atoms with Crippen molar-refractivity contribution in [2.45, 2.75) is 48.4 Å². The number of sulfone groups is 1. The average molecular weight is 569 g/mol. The molecule has 0 saturated carbocycles. The Morgan fingerprint density at radius 2 is 2.05 bits per heavy atom. The molecule has 0 aliphatic carbocycles. The van der Waals surface area contributed by atoms with E-state index in [-0.39, 0.29) is 22.1 Å². The molecule has 4 rings (SSSR count). The number of hydrogen-bond acceptors (Lipinski definition) is 9. The minimum absolute atomic E-state index is 0.0311. The van der Waals surface area contributed by atoms with Crippen molar-refractivity contribution >= 4 is 36.5 Å². The highest BCUT2D eigenvalue weighted by molar-refractivity contribution is 7.93. The summed E-state index contributed by atoms with van der Waals surface area (Å²) in [6.45, 7) is 6.58. The minimum Gasteiger partial charge on any atom is -0.493 e. The lowest BCUT2D eigenvalue weighted by molar-refractivity contribution is 0.0861. The van der Waals surface area contributed by atoms with E-state index in [2.05, 4.69) is 25.6 Å². The molecular weight excluding hydrogens is 539 g/mol. The Hall–Kier alpha value is -2.61. The van der Waals surface area contributed by atoms with Crippen LogP contribution in [0.25, 0.3) is 0 Å². The van der Waals surface area contributed by atoms with Gasteiger partial charge in [-0.25, -0.2) is 26.2 Å². The zero-order valence-corrected chi connectivity index (χ0v) is 23.0. The molecule has 1 aromatic carbocycles. The molecule has 1 saturated heterocycles. The number of fused-ring (bicyclic) bond motifs is 1. The van der Waals surface area contributed by atoms with Gasteiger partial charge in [-0.05, 0) is 37.5 Å². The molecule has 9 nitrogen and oxygen atoms in total. The summed E-state index contributed by atoms with van der Waals surface area (Å²) in [7, 11) is -7.16. The summed E-state index contributed by atoms with van der Waals surface area (Å²) >= 11 is 0.931. The Morgan fingerprint density at radius 1 is 1.27 bits per heavy atom. The predicted molar refractivity (Wildman–Crippen MR) is 142 cm³/mol. The van der Waals surface area contributed by atoms with Crippen LogP contribution in [0.15, 0.2) is 65.6 Å². The molecule has 0 bridgehead atoms. The Bertz CT molecular complexity index is 1420. The first kappa shape index (κ1) is 27.4. The summed E-state index contributed by atoms with van der Waals surface area (Å²) in [6.07, 6.45) is 8.18. The smallest absolute Gasteiger partial charge is 0.263 e. The normalized spacial score (nSPS) is 23.4. The lowest BCUT2D eigenvalue weighted by atomic mass is 9.89. The third kappa shape index (κ3) is 6.28. The third-order valence-corrected chi connectivity index (χ3v) is 10.3. The molecule has 2 aliphatic rings. The van der Waals surface area contributed by atoms with Crippen molar-refractivity contribution in [2.75, 3.05) is 24.1 Å². The Kier molecular flexibility index (Phi) is 8.17. The van der Waals surface area contributed by atoms with Gasteiger partial charge in [-0.15, -0.1) is 0 Å². The molecule has 200 valence electrons. The highest BCUT2D eigenvalue weighted by Gasteiger charge is 2.40. The lowest BCUT2D eigenvalue weighted by Crippen LogP contribution is -2.49. The van der Waals surface area contributed by atoms with E-state index in [1.54, 1.807) is 19.1 Å². The van der Waals surface area contributed by atoms with Gasteiger partial charge < -0.3 is 4.74 Å². The summed E-state index contributed by atoms with van der Waals surface area (Å²) < 4.78 is 76.2. The predicted octanol–water partition coefficient (Wildman–Crippen LogP) is 4.03. The second kappa shape index (κ2) is 11.0. The van der Waals surface area contributed by atoms with Gasteiger partial charge in [-0.1, -0.05) is 24.8 Å². The van der Waals surface area contributed by atoms with Crippen molar-refractivity contribution in [1.82, 2.24) is 14.3 Å². The number of hydrogen-bond donors (Lipinski definition) is 1. The lowest BCUT2D eigenvalue weighted by Gasteiger charge is -2.45. The van der Waals surface area contributed by atoms with Crippen molar-refractivity contribution in [3.05, 3.63) is 66.3 Å². The molecule has 0 amide bonds. The van der Waals surface area contributed by atoms with E-state index < -0.39 is 30.9 Å². The number of nitrogens with one attached hydrogen (secondary N) is 1. The van der Waals surface area contributed by atoms with E-state index in [0.29, 0.717) is 43.7 Å². The molecule has 1 fully saturated rings. The molecule has 0 unspecified atom stereocenters. The topological polar surface area (TPSA) is 119 Å². The van der Waals surface area contributed by atoms with Gasteiger partial charge in [0.05, 0.1) is 16.8 Å². The fourth-order valence-corrected chi connectivity index (χ4v) is 7.47. The Morgan fingerprint density at radius 3 is 2.73 bits per heavy atom. The van der Waals surface area contributed by atoms with Crippen LogP contribution in [0.5, 0.6) is 5.75 Å². The highest BCUT2D eigenvalue weighted by Crippen LogP contribution is 2.42. The van der Waals surface area contributed by atoms with E-state index in [9.17, 15) is 21.2 Å². The number of benzene rings is 1. The first-order chi connectivity index (χ1) is 17.5. The molecule has 1 aromatic heterocycles. The van der Waals surface area contributed by atoms with Crippen LogP contribution in [0.3, 0.4) is 0 Å². The van der Waals surface area contributed by atoms with Crippen molar-refractivity contribution in [3.63, 3.8) is 0 Å². The highest BCUT2D eigenvalue weighted by atomic mass is 32.2. The number of allylic oxidation sites excluding steroid dienone is 3. The number of halogens is 1. The van der Waals surface area contributed by atoms with Crippen LogP contribution in [0.2, 0.25) is 0 Å². The van der Waals surface area contributed by atoms with Gasteiger partial charge in [0, 0.05) is 54.5 Å². The summed E-state index contributed by atoms with van der Waals surface area (Å²) in [4.78, 5) is 6.07. The maximum absolute atomic E-state index is 13.8. The first-order valence-electron chi connectivity index (χ1n) is 11.7. The van der Waals surface area contributed by atoms with Crippen LogP contribution in [-0.2, 0) is 19.9 Å². The molecule has 13 heteroatoms. The number of likely N-dealkylation sites (tertiary alicyclic amines) is 1. The second-order valence-corrected chi connectivity index (χ2v) is 13.8. The van der Waals surface area contributed by atoms with Crippen LogP contribution in [0.1, 0.15) is 37.8 Å². The van der Waals surface area contributed by atoms with Gasteiger partial charge in [0.1, 0.15) is 27.7 Å². The molecule has 3 heterocycles. The third-order valence-electron chi connectivity index (χ3n) is 6.65. The monoisotopic (exact) mass is 568 g/mol. The maximum atomic E-state index is 13.8. The molecule has 2 aliphatic heterocycles. The number of ether oxygens (including phenoxy) is 1. The van der Waals surface area contributed by atoms with Crippen molar-refractivity contribution in [3.8, 4) is 5.75 Å². The summed E-state index contributed by atoms with van der Waals surface area (Å²) in [5, 5.41) is -0.363. The van der Waals surface area contributed by atoms with Crippen LogP contribution in [0, 0.1) is 0 Å². The quantitative estimate of drug-likeness (QED) is 0.475. The zero-order chi connectivity index (χ0) is 26.8. The van der Waals surface area contributed by atoms with Crippen LogP contribution >= 0.6 is 11.5 Å². The SMILES string of the molecule is C=C(/C=C\C(F)=C/C)[C@H]1C[C@@H](S(C)(=O)=O)CCN1[C@@H]1CCOc2cc(S(=O)(=O)Nc3ncns3)ccc21. The molecular formula is C24H29FN4O5S3. The summed E-state index contributed by atoms with van der Waals surface area (Å²) in [5.74, 6) is 0.0388. The summed E-state index contributed by atoms with van der Waals surface area (Å²) in [6, 6.07) is 4.23. The van der Waals surface area contributed by atoms with Crippen LogP contribution in [-0.4, -0.2) is 61.8 Å². The molecule has 0 radical (unpaired) electrons. The van der Waals surface area contributed by atoms with Gasteiger partial charge in [0.15, 0.2) is 0 Å². The van der Waals surface area contributed by atoms with Crippen molar-refractivity contribution in [2.24, 2.45) is 0 Å². The van der Waals surface area contributed by atoms with E-state index in [1.165, 1.54) is 36.9 Å². The van der Waals surface area contributed by atoms with Crippen LogP contribution < -0.4 is 9.46 Å². The van der Waals surface area contributed by atoms with Gasteiger partial charge in [0.2, 0.25) is 5.13 Å². The number of sulfonamides is 1. The number of anilines is 1. The molecule has 0 spiro atoms. The Balaban J connectivity index is 1.64. The number of rotatable bonds is 8. The summed E-state index contributed by atoms with van der Waals surface area (Å²) in [5.41, 5.74) is 1.42. The molecule has 1 N–H and O–H groups in total. The van der Waals surface area contributed by atoms with Crippen LogP contribution in [0.4, 0.5) is 9.52 Å². The fraction of sp³-hybridized carbons (Fsp3) is 0.417. The minimum atomic E-state index is -3.89. The largest absolute Gasteiger partial charge is 0.493 e. The average Bonchev–Trinajstić information content (AvgIpc) is 3.37. The molecule has 2 aromatic rings. The van der Waals surface area contributed by atoms with Gasteiger partial charge in [-0.3, -0.25) is 9.62 Å². The van der Waals surface area contributed by atoms with Gasteiger partial charge in [0.25, 0.3) is 10.0 Å². The molecule has 37 heavy (non-hydrogen) atoms. The van der Waals surface area contributed by atoms with E-state index in [4.69, 9.17) is 4.74 Å². The maximum Gasteiger partial charge on any atom is 0.263 e. The standard InChI is InChI=1S/C24H29FN4O5S3/c1-4-17(25)6-5-16(2)22-13-18(36(3,30)31)9-11-29(22)21-10-12-34-23-14-19(7-8-20(21)23)37(32,33)28-24-26-15-27-35-24/h4-8,14-15,18,21-22H,2,9-13H2,1,3H3,(H,26,27,28)/b6-5-,17-4+/t18-,21+,22+/m0/s1. The number of aromatic nitrogens is 2. The number of nitrogens with zero attached hydrogens (tertiary/aromatic N) is 3. The second-order valence-electron chi connectivity index (χ2n) is 9.02. The zero-order valence-electron chi connectivity index (χ0n) is 20.5.